The van der Waals surface area contributed by atoms with Crippen molar-refractivity contribution in [3.05, 3.63) is 30.5 Å². The minimum atomic E-state index is -4.62. The summed E-state index contributed by atoms with van der Waals surface area (Å²) < 4.78 is 37.4. The van der Waals surface area contributed by atoms with Crippen molar-refractivity contribution in [2.24, 2.45) is 0 Å². The first kappa shape index (κ1) is 10.9. The van der Waals surface area contributed by atoms with Crippen LogP contribution in [0.15, 0.2) is 24.4 Å². The summed E-state index contributed by atoms with van der Waals surface area (Å²) in [5.41, 5.74) is 0.577. The van der Waals surface area contributed by atoms with Crippen molar-refractivity contribution in [1.82, 2.24) is 9.78 Å². The third-order valence-corrected chi connectivity index (χ3v) is 2.13. The van der Waals surface area contributed by atoms with Crippen LogP contribution >= 0.6 is 0 Å². The minimum Gasteiger partial charge on any atom is -0.382 e. The molecular weight excluding hydrogens is 221 g/mol. The molecule has 85 valence electrons. The van der Waals surface area contributed by atoms with E-state index in [1.165, 1.54) is 6.20 Å². The molecule has 16 heavy (non-hydrogen) atoms. The molecule has 0 fully saturated rings. The van der Waals surface area contributed by atoms with E-state index in [1.54, 1.807) is 18.2 Å². The predicted molar refractivity (Wildman–Crippen MR) is 50.6 cm³/mol. The molecule has 0 saturated carbocycles. The largest absolute Gasteiger partial charge is 0.416 e. The van der Waals surface area contributed by atoms with Crippen molar-refractivity contribution < 1.29 is 18.3 Å². The van der Waals surface area contributed by atoms with Gasteiger partial charge in [-0.05, 0) is 18.2 Å². The molecule has 0 spiro atoms. The smallest absolute Gasteiger partial charge is 0.382 e. The number of aliphatic hydroxyl groups excluding tert-OH is 1. The van der Waals surface area contributed by atoms with Crippen LogP contribution in [0.4, 0.5) is 13.2 Å². The average molecular weight is 229 g/mol. The van der Waals surface area contributed by atoms with Gasteiger partial charge in [0.2, 0.25) is 0 Å². The van der Waals surface area contributed by atoms with Crippen LogP contribution in [0.3, 0.4) is 0 Å². The number of hydrogen-bond donors (Lipinski definition) is 1. The fourth-order valence-electron chi connectivity index (χ4n) is 1.33. The third kappa shape index (κ3) is 2.16. The highest BCUT2D eigenvalue weighted by atomic mass is 19.4. The van der Waals surface area contributed by atoms with E-state index < -0.39 is 18.8 Å². The van der Waals surface area contributed by atoms with Crippen molar-refractivity contribution in [1.29, 1.82) is 0 Å². The van der Waals surface area contributed by atoms with Crippen molar-refractivity contribution in [3.63, 3.8) is 0 Å². The predicted octanol–water partition coefficient (Wildman–Crippen LogP) is 1.76. The summed E-state index contributed by atoms with van der Waals surface area (Å²) in [6.07, 6.45) is -5.57. The first-order valence-electron chi connectivity index (χ1n) is 4.55. The zero-order chi connectivity index (χ0) is 11.8. The molecule has 2 rings (SSSR count). The Bertz CT molecular complexity index is 459. The number of nitrogens with zero attached hydrogens (tertiary/aromatic N) is 2. The molecule has 0 aliphatic rings. The number of benzene rings is 1. The van der Waals surface area contributed by atoms with E-state index >= 15 is 0 Å². The highest BCUT2D eigenvalue weighted by Gasteiger charge is 2.38. The lowest BCUT2D eigenvalue weighted by atomic mass is 10.3. The fraction of sp³-hybridized carbons (Fsp3) is 0.300. The summed E-state index contributed by atoms with van der Waals surface area (Å²) >= 11 is 0. The molecule has 1 atom stereocenters. The minimum absolute atomic E-state index is 0.577. The van der Waals surface area contributed by atoms with E-state index in [0.717, 1.165) is 4.68 Å². The van der Waals surface area contributed by atoms with Gasteiger partial charge in [0.1, 0.15) is 0 Å². The molecule has 1 radical (unpaired) electrons. The second-order valence-electron chi connectivity index (χ2n) is 3.39. The van der Waals surface area contributed by atoms with E-state index in [0.29, 0.717) is 10.9 Å². The molecule has 1 aromatic heterocycles. The number of aromatic nitrogens is 2. The second kappa shape index (κ2) is 3.79. The van der Waals surface area contributed by atoms with Gasteiger partial charge in [0.05, 0.1) is 12.1 Å². The first-order chi connectivity index (χ1) is 7.47. The molecule has 0 aliphatic heterocycles. The molecule has 3 nitrogen and oxygen atoms in total. The highest BCUT2D eigenvalue weighted by molar-refractivity contribution is 5.77. The summed E-state index contributed by atoms with van der Waals surface area (Å²) in [7, 11) is 0. The Balaban J connectivity index is 2.22. The monoisotopic (exact) mass is 229 g/mol. The average Bonchev–Trinajstić information content (AvgIpc) is 2.58. The molecule has 0 saturated heterocycles. The molecule has 2 aromatic rings. The third-order valence-electron chi connectivity index (χ3n) is 2.13. The zero-order valence-electron chi connectivity index (χ0n) is 8.07. The molecule has 1 aromatic carbocycles. The molecule has 6 heteroatoms. The van der Waals surface area contributed by atoms with E-state index in [2.05, 4.69) is 11.2 Å². The van der Waals surface area contributed by atoms with Gasteiger partial charge in [-0.15, -0.1) is 0 Å². The van der Waals surface area contributed by atoms with Gasteiger partial charge in [0, 0.05) is 11.6 Å². The lowest BCUT2D eigenvalue weighted by Gasteiger charge is -2.13. The Hall–Kier alpha value is -1.56. The molecule has 0 amide bonds. The maximum absolute atomic E-state index is 12.1. The van der Waals surface area contributed by atoms with Gasteiger partial charge in [0.25, 0.3) is 0 Å². The maximum Gasteiger partial charge on any atom is 0.416 e. The van der Waals surface area contributed by atoms with Gasteiger partial charge < -0.3 is 5.11 Å². The topological polar surface area (TPSA) is 38.0 Å². The van der Waals surface area contributed by atoms with Gasteiger partial charge >= 0.3 is 6.18 Å². The summed E-state index contributed by atoms with van der Waals surface area (Å²) in [5.74, 6) is 0. The van der Waals surface area contributed by atoms with Gasteiger partial charge in [-0.1, -0.05) is 6.07 Å². The molecule has 0 aliphatic carbocycles. The van der Waals surface area contributed by atoms with Gasteiger partial charge in [-0.2, -0.15) is 18.3 Å². The number of hydrogen-bond acceptors (Lipinski definition) is 2. The quantitative estimate of drug-likeness (QED) is 0.852. The number of halogens is 3. The summed E-state index contributed by atoms with van der Waals surface area (Å²) in [4.78, 5) is 0. The number of fused-ring (bicyclic) bond motifs is 1. The SMILES string of the molecule is OC(Cn1cc2c[c]ccc2n1)C(F)(F)F. The first-order valence-corrected chi connectivity index (χ1v) is 4.55. The molecule has 1 unspecified atom stereocenters. The lowest BCUT2D eigenvalue weighted by Crippen LogP contribution is -2.32. The summed E-state index contributed by atoms with van der Waals surface area (Å²) in [6.45, 7) is -0.599. The second-order valence-corrected chi connectivity index (χ2v) is 3.39. The molecule has 0 bridgehead atoms. The van der Waals surface area contributed by atoms with Gasteiger partial charge in [0.15, 0.2) is 6.10 Å². The molecular formula is C10H8F3N2O. The Labute approximate surface area is 89.1 Å². The Morgan fingerprint density at radius 3 is 2.88 bits per heavy atom. The van der Waals surface area contributed by atoms with Crippen LogP contribution in [-0.4, -0.2) is 27.2 Å². The van der Waals surface area contributed by atoms with Crippen LogP contribution < -0.4 is 0 Å². The van der Waals surface area contributed by atoms with Crippen LogP contribution in [0, 0.1) is 6.07 Å². The number of alkyl halides is 3. The van der Waals surface area contributed by atoms with Crippen molar-refractivity contribution in [3.8, 4) is 0 Å². The van der Waals surface area contributed by atoms with E-state index in [4.69, 9.17) is 5.11 Å². The van der Waals surface area contributed by atoms with Crippen LogP contribution in [0.1, 0.15) is 0 Å². The standard InChI is InChI=1S/C10H8F3N2O/c11-10(12,13)9(16)6-15-5-7-3-1-2-4-8(7)14-15/h2-5,9,16H,6H2. The Morgan fingerprint density at radius 2 is 2.25 bits per heavy atom. The fourth-order valence-corrected chi connectivity index (χ4v) is 1.33. The molecule has 1 heterocycles. The van der Waals surface area contributed by atoms with Gasteiger partial charge in [-0.3, -0.25) is 4.68 Å². The summed E-state index contributed by atoms with van der Waals surface area (Å²) in [5, 5.41) is 13.5. The lowest BCUT2D eigenvalue weighted by molar-refractivity contribution is -0.207. The normalized spacial score (nSPS) is 14.2. The zero-order valence-corrected chi connectivity index (χ0v) is 8.07. The van der Waals surface area contributed by atoms with Crippen molar-refractivity contribution in [2.45, 2.75) is 18.8 Å². The number of rotatable bonds is 2. The van der Waals surface area contributed by atoms with Gasteiger partial charge in [-0.25, -0.2) is 0 Å². The number of aliphatic hydroxyl groups is 1. The van der Waals surface area contributed by atoms with Crippen molar-refractivity contribution in [2.75, 3.05) is 0 Å². The Morgan fingerprint density at radius 1 is 1.50 bits per heavy atom. The van der Waals surface area contributed by atoms with Crippen molar-refractivity contribution >= 4 is 10.9 Å². The molecule has 1 N–H and O–H groups in total. The highest BCUT2D eigenvalue weighted by Crippen LogP contribution is 2.21. The summed E-state index contributed by atoms with van der Waals surface area (Å²) in [6, 6.07) is 7.69. The van der Waals surface area contributed by atoms with Crippen LogP contribution in [0.5, 0.6) is 0 Å². The van der Waals surface area contributed by atoms with E-state index in [-0.39, 0.29) is 0 Å². The van der Waals surface area contributed by atoms with Crippen LogP contribution in [-0.2, 0) is 6.54 Å². The maximum atomic E-state index is 12.1. The van der Waals surface area contributed by atoms with E-state index in [9.17, 15) is 13.2 Å². The Kier molecular flexibility index (Phi) is 2.59. The van der Waals surface area contributed by atoms with Crippen LogP contribution in [0.25, 0.3) is 10.9 Å². The van der Waals surface area contributed by atoms with Crippen LogP contribution in [0.2, 0.25) is 0 Å². The van der Waals surface area contributed by atoms with E-state index in [1.807, 2.05) is 0 Å².